The highest BCUT2D eigenvalue weighted by Gasteiger charge is 2.30. The molecule has 0 saturated carbocycles. The number of likely N-dealkylation sites (tertiary alicyclic amines) is 1. The van der Waals surface area contributed by atoms with E-state index < -0.39 is 15.8 Å². The summed E-state index contributed by atoms with van der Waals surface area (Å²) in [5.74, 6) is -0.368. The summed E-state index contributed by atoms with van der Waals surface area (Å²) in [6, 6.07) is 5.15. The maximum absolute atomic E-state index is 13.4. The minimum atomic E-state index is -3.70. The standard InChI is InChI=1S/C21H32FN3O3S/c22-19-7-4-8-20(16-19)29(27,28)25-14-5-6-18(17-25)9-10-21(26)23-11-15-24-12-2-1-3-13-24/h4,7-8,16,18H,1-3,5-6,9-15,17H2,(H,23,26). The first kappa shape index (κ1) is 22.2. The van der Waals surface area contributed by atoms with E-state index in [4.69, 9.17) is 0 Å². The molecule has 8 heteroatoms. The molecule has 2 aliphatic heterocycles. The van der Waals surface area contributed by atoms with Crippen LogP contribution in [-0.4, -0.2) is 62.8 Å². The van der Waals surface area contributed by atoms with Gasteiger partial charge in [0.2, 0.25) is 15.9 Å². The minimum absolute atomic E-state index is 0.00592. The Morgan fingerprint density at radius 3 is 2.69 bits per heavy atom. The van der Waals surface area contributed by atoms with E-state index in [1.165, 1.54) is 41.8 Å². The molecule has 1 aromatic rings. The number of hydrogen-bond acceptors (Lipinski definition) is 4. The molecule has 2 fully saturated rings. The number of carbonyl (C=O) groups is 1. The van der Waals surface area contributed by atoms with Gasteiger partial charge in [-0.15, -0.1) is 0 Å². The zero-order chi connectivity index (χ0) is 20.7. The van der Waals surface area contributed by atoms with E-state index in [1.807, 2.05) is 0 Å². The summed E-state index contributed by atoms with van der Waals surface area (Å²) in [5.41, 5.74) is 0. The van der Waals surface area contributed by atoms with Gasteiger partial charge in [0.05, 0.1) is 4.90 Å². The second-order valence-electron chi connectivity index (χ2n) is 8.12. The fraction of sp³-hybridized carbons (Fsp3) is 0.667. The summed E-state index contributed by atoms with van der Waals surface area (Å²) in [4.78, 5) is 14.5. The zero-order valence-corrected chi connectivity index (χ0v) is 17.8. The lowest BCUT2D eigenvalue weighted by atomic mass is 9.94. The molecule has 0 spiro atoms. The first-order valence-electron chi connectivity index (χ1n) is 10.7. The SMILES string of the molecule is O=C(CCC1CCCN(S(=O)(=O)c2cccc(F)c2)C1)NCCN1CCCCC1. The number of sulfonamides is 1. The third kappa shape index (κ3) is 6.49. The molecular weight excluding hydrogens is 393 g/mol. The Kier molecular flexibility index (Phi) is 8.03. The molecule has 0 bridgehead atoms. The van der Waals surface area contributed by atoms with E-state index in [0.29, 0.717) is 32.5 Å². The first-order chi connectivity index (χ1) is 13.9. The number of halogens is 1. The quantitative estimate of drug-likeness (QED) is 0.695. The molecule has 1 amide bonds. The van der Waals surface area contributed by atoms with Crippen LogP contribution in [0.5, 0.6) is 0 Å². The van der Waals surface area contributed by atoms with Crippen LogP contribution in [0.2, 0.25) is 0 Å². The monoisotopic (exact) mass is 425 g/mol. The lowest BCUT2D eigenvalue weighted by molar-refractivity contribution is -0.121. The van der Waals surface area contributed by atoms with Crippen LogP contribution in [0.25, 0.3) is 0 Å². The summed E-state index contributed by atoms with van der Waals surface area (Å²) in [5, 5.41) is 2.99. The Morgan fingerprint density at radius 1 is 1.14 bits per heavy atom. The van der Waals surface area contributed by atoms with Gasteiger partial charge < -0.3 is 10.2 Å². The zero-order valence-electron chi connectivity index (χ0n) is 17.0. The van der Waals surface area contributed by atoms with Gasteiger partial charge in [0.1, 0.15) is 5.82 Å². The Bertz CT molecular complexity index is 781. The van der Waals surface area contributed by atoms with Crippen molar-refractivity contribution in [1.82, 2.24) is 14.5 Å². The predicted molar refractivity (Wildman–Crippen MR) is 110 cm³/mol. The molecule has 1 aromatic carbocycles. The molecule has 0 aliphatic carbocycles. The number of rotatable bonds is 8. The van der Waals surface area contributed by atoms with Crippen molar-refractivity contribution in [2.75, 3.05) is 39.3 Å². The largest absolute Gasteiger partial charge is 0.355 e. The van der Waals surface area contributed by atoms with Crippen molar-refractivity contribution in [1.29, 1.82) is 0 Å². The molecule has 2 aliphatic rings. The summed E-state index contributed by atoms with van der Waals surface area (Å²) < 4.78 is 40.5. The molecule has 1 N–H and O–H groups in total. The number of amides is 1. The Hall–Kier alpha value is -1.51. The summed E-state index contributed by atoms with van der Waals surface area (Å²) in [7, 11) is -3.70. The molecular formula is C21H32FN3O3S. The van der Waals surface area contributed by atoms with Crippen molar-refractivity contribution in [3.63, 3.8) is 0 Å². The average molecular weight is 426 g/mol. The third-order valence-corrected chi connectivity index (χ3v) is 7.76. The van der Waals surface area contributed by atoms with Crippen LogP contribution in [0, 0.1) is 11.7 Å². The Balaban J connectivity index is 1.42. The van der Waals surface area contributed by atoms with Gasteiger partial charge in [-0.3, -0.25) is 4.79 Å². The molecule has 1 unspecified atom stereocenters. The van der Waals surface area contributed by atoms with Crippen molar-refractivity contribution in [2.24, 2.45) is 5.92 Å². The normalized spacial score (nSPS) is 21.8. The topological polar surface area (TPSA) is 69.7 Å². The van der Waals surface area contributed by atoms with Crippen LogP contribution in [0.1, 0.15) is 44.9 Å². The highest BCUT2D eigenvalue weighted by molar-refractivity contribution is 7.89. The van der Waals surface area contributed by atoms with E-state index in [0.717, 1.165) is 38.5 Å². The lowest BCUT2D eigenvalue weighted by Gasteiger charge is -2.32. The molecule has 0 aromatic heterocycles. The first-order valence-corrected chi connectivity index (χ1v) is 12.1. The van der Waals surface area contributed by atoms with E-state index in [9.17, 15) is 17.6 Å². The van der Waals surface area contributed by atoms with Crippen LogP contribution >= 0.6 is 0 Å². The Labute approximate surface area is 173 Å². The van der Waals surface area contributed by atoms with Crippen molar-refractivity contribution in [3.8, 4) is 0 Å². The summed E-state index contributed by atoms with van der Waals surface area (Å²) >= 11 is 0. The number of carbonyl (C=O) groups excluding carboxylic acids is 1. The molecule has 2 saturated heterocycles. The molecule has 0 radical (unpaired) electrons. The van der Waals surface area contributed by atoms with Crippen molar-refractivity contribution in [3.05, 3.63) is 30.1 Å². The average Bonchev–Trinajstić information content (AvgIpc) is 2.73. The molecule has 3 rings (SSSR count). The number of nitrogens with one attached hydrogen (secondary N) is 1. The van der Waals surface area contributed by atoms with E-state index >= 15 is 0 Å². The highest BCUT2D eigenvalue weighted by Crippen LogP contribution is 2.26. The van der Waals surface area contributed by atoms with Gasteiger partial charge in [-0.2, -0.15) is 4.31 Å². The second kappa shape index (κ2) is 10.5. The maximum atomic E-state index is 13.4. The maximum Gasteiger partial charge on any atom is 0.243 e. The van der Waals surface area contributed by atoms with Crippen LogP contribution in [0.3, 0.4) is 0 Å². The van der Waals surface area contributed by atoms with Gasteiger partial charge in [-0.05, 0) is 69.3 Å². The smallest absolute Gasteiger partial charge is 0.243 e. The fourth-order valence-electron chi connectivity index (χ4n) is 4.22. The molecule has 1 atom stereocenters. The summed E-state index contributed by atoms with van der Waals surface area (Å²) in [6.45, 7) is 4.64. The van der Waals surface area contributed by atoms with Gasteiger partial charge in [0.25, 0.3) is 0 Å². The van der Waals surface area contributed by atoms with Crippen LogP contribution in [-0.2, 0) is 14.8 Å². The summed E-state index contributed by atoms with van der Waals surface area (Å²) in [6.07, 6.45) is 6.54. The number of nitrogens with zero attached hydrogens (tertiary/aromatic N) is 2. The van der Waals surface area contributed by atoms with Crippen LogP contribution < -0.4 is 5.32 Å². The van der Waals surface area contributed by atoms with Crippen LogP contribution in [0.4, 0.5) is 4.39 Å². The van der Waals surface area contributed by atoms with Crippen molar-refractivity contribution >= 4 is 15.9 Å². The van der Waals surface area contributed by atoms with Crippen LogP contribution in [0.15, 0.2) is 29.2 Å². The third-order valence-electron chi connectivity index (χ3n) is 5.89. The van der Waals surface area contributed by atoms with E-state index in [1.54, 1.807) is 0 Å². The van der Waals surface area contributed by atoms with Crippen molar-refractivity contribution in [2.45, 2.75) is 49.8 Å². The number of piperidine rings is 2. The highest BCUT2D eigenvalue weighted by atomic mass is 32.2. The van der Waals surface area contributed by atoms with Gasteiger partial charge in [0, 0.05) is 32.6 Å². The predicted octanol–water partition coefficient (Wildman–Crippen LogP) is 2.61. The van der Waals surface area contributed by atoms with Gasteiger partial charge in [0.15, 0.2) is 0 Å². The fourth-order valence-corrected chi connectivity index (χ4v) is 5.80. The molecule has 162 valence electrons. The van der Waals surface area contributed by atoms with E-state index in [-0.39, 0.29) is 16.7 Å². The molecule has 2 heterocycles. The van der Waals surface area contributed by atoms with Crippen molar-refractivity contribution < 1.29 is 17.6 Å². The number of benzene rings is 1. The minimum Gasteiger partial charge on any atom is -0.355 e. The van der Waals surface area contributed by atoms with Gasteiger partial charge >= 0.3 is 0 Å². The van der Waals surface area contributed by atoms with E-state index in [2.05, 4.69) is 10.2 Å². The number of hydrogen-bond donors (Lipinski definition) is 1. The Morgan fingerprint density at radius 2 is 1.93 bits per heavy atom. The lowest BCUT2D eigenvalue weighted by Crippen LogP contribution is -2.40. The second-order valence-corrected chi connectivity index (χ2v) is 10.1. The van der Waals surface area contributed by atoms with Gasteiger partial charge in [-0.25, -0.2) is 12.8 Å². The molecule has 6 nitrogen and oxygen atoms in total. The van der Waals surface area contributed by atoms with Gasteiger partial charge in [-0.1, -0.05) is 12.5 Å². The molecule has 29 heavy (non-hydrogen) atoms.